The Kier molecular flexibility index (Phi) is 4.32. The highest BCUT2D eigenvalue weighted by atomic mass is 35.5. The van der Waals surface area contributed by atoms with Crippen LogP contribution in [0.1, 0.15) is 17.3 Å². The molecule has 1 atom stereocenters. The Labute approximate surface area is 179 Å². The molecule has 2 aliphatic rings. The van der Waals surface area contributed by atoms with Crippen LogP contribution in [0.3, 0.4) is 0 Å². The molecule has 0 amide bonds. The van der Waals surface area contributed by atoms with E-state index >= 15 is 0 Å². The van der Waals surface area contributed by atoms with Gasteiger partial charge in [-0.3, -0.25) is 4.90 Å². The van der Waals surface area contributed by atoms with E-state index in [0.29, 0.717) is 32.6 Å². The molecule has 10 heteroatoms. The number of thiazole rings is 1. The number of aromatic hydroxyl groups is 1. The van der Waals surface area contributed by atoms with Gasteiger partial charge in [-0.25, -0.2) is 9.78 Å². The summed E-state index contributed by atoms with van der Waals surface area (Å²) in [4.78, 5) is 20.8. The molecular weight excluding hydrogens is 443 g/mol. The minimum Gasteiger partial charge on any atom is -0.483 e. The lowest BCUT2D eigenvalue weighted by Crippen LogP contribution is -2.61. The van der Waals surface area contributed by atoms with E-state index in [1.807, 2.05) is 0 Å². The Balaban J connectivity index is 1.81. The monoisotopic (exact) mass is 455 g/mol. The molecule has 0 fully saturated rings. The highest BCUT2D eigenvalue weighted by Gasteiger charge is 2.43. The molecule has 28 heavy (non-hydrogen) atoms. The molecule has 1 unspecified atom stereocenters. The van der Waals surface area contributed by atoms with Crippen LogP contribution in [0.2, 0.25) is 14.5 Å². The molecular formula is C18H14Cl3N4O2S+. The first-order chi connectivity index (χ1) is 13.4. The topological polar surface area (TPSA) is 62.2 Å². The van der Waals surface area contributed by atoms with Gasteiger partial charge in [0.2, 0.25) is 0 Å². The molecule has 6 nitrogen and oxygen atoms in total. The van der Waals surface area contributed by atoms with Gasteiger partial charge >= 0.3 is 11.5 Å². The van der Waals surface area contributed by atoms with Gasteiger partial charge in [-0.05, 0) is 23.8 Å². The van der Waals surface area contributed by atoms with Crippen LogP contribution in [0.15, 0.2) is 29.2 Å². The van der Waals surface area contributed by atoms with Gasteiger partial charge in [-0.15, -0.1) is 11.3 Å². The predicted octanol–water partition coefficient (Wildman–Crippen LogP) is 3.74. The van der Waals surface area contributed by atoms with Crippen LogP contribution >= 0.6 is 46.1 Å². The quantitative estimate of drug-likeness (QED) is 0.597. The number of benzene rings is 1. The van der Waals surface area contributed by atoms with Crippen molar-refractivity contribution in [2.45, 2.75) is 19.0 Å². The van der Waals surface area contributed by atoms with Crippen LogP contribution in [0, 0.1) is 0 Å². The van der Waals surface area contributed by atoms with Crippen molar-refractivity contribution in [3.8, 4) is 17.0 Å². The molecule has 3 aromatic rings. The zero-order valence-electron chi connectivity index (χ0n) is 14.4. The highest BCUT2D eigenvalue weighted by molar-refractivity contribution is 7.15. The van der Waals surface area contributed by atoms with E-state index in [0.717, 1.165) is 24.4 Å². The van der Waals surface area contributed by atoms with Gasteiger partial charge in [0.15, 0.2) is 4.47 Å². The van der Waals surface area contributed by atoms with Crippen LogP contribution in [-0.4, -0.2) is 27.7 Å². The minimum absolute atomic E-state index is 0.0694. The zero-order valence-corrected chi connectivity index (χ0v) is 17.5. The number of anilines is 1. The van der Waals surface area contributed by atoms with Gasteiger partial charge in [0.25, 0.3) is 5.88 Å². The lowest BCUT2D eigenvalue weighted by Gasteiger charge is -2.26. The molecule has 0 aliphatic carbocycles. The van der Waals surface area contributed by atoms with Crippen molar-refractivity contribution in [3.05, 3.63) is 54.1 Å². The van der Waals surface area contributed by atoms with E-state index in [9.17, 15) is 9.90 Å². The summed E-state index contributed by atoms with van der Waals surface area (Å²) < 4.78 is 3.96. The van der Waals surface area contributed by atoms with Gasteiger partial charge in [0.1, 0.15) is 18.2 Å². The van der Waals surface area contributed by atoms with E-state index in [4.69, 9.17) is 34.8 Å². The number of hydrogen-bond acceptors (Lipinski definition) is 5. The van der Waals surface area contributed by atoms with E-state index < -0.39 is 0 Å². The van der Waals surface area contributed by atoms with Crippen molar-refractivity contribution < 1.29 is 9.67 Å². The Hall–Kier alpha value is -1.80. The van der Waals surface area contributed by atoms with Crippen LogP contribution in [0.25, 0.3) is 11.1 Å². The fourth-order valence-electron chi connectivity index (χ4n) is 4.05. The van der Waals surface area contributed by atoms with Crippen LogP contribution in [-0.2, 0) is 6.54 Å². The molecule has 1 N–H and O–H groups in total. The Bertz CT molecular complexity index is 1160. The second-order valence-electron chi connectivity index (χ2n) is 6.79. The summed E-state index contributed by atoms with van der Waals surface area (Å²) in [6.07, 6.45) is 2.47. The van der Waals surface area contributed by atoms with Gasteiger partial charge in [-0.2, -0.15) is 9.13 Å². The fourth-order valence-corrected chi connectivity index (χ4v) is 5.66. The third-order valence-electron chi connectivity index (χ3n) is 5.20. The van der Waals surface area contributed by atoms with Crippen molar-refractivity contribution in [1.82, 2.24) is 9.55 Å². The summed E-state index contributed by atoms with van der Waals surface area (Å²) in [5, 5.41) is 11.8. The Morgan fingerprint density at radius 2 is 1.89 bits per heavy atom. The van der Waals surface area contributed by atoms with Gasteiger partial charge in [0, 0.05) is 22.7 Å². The van der Waals surface area contributed by atoms with Gasteiger partial charge in [-0.1, -0.05) is 34.8 Å². The second-order valence-corrected chi connectivity index (χ2v) is 9.31. The lowest BCUT2D eigenvalue weighted by atomic mass is 10.1. The maximum absolute atomic E-state index is 13.6. The Morgan fingerprint density at radius 3 is 2.57 bits per heavy atom. The maximum atomic E-state index is 13.6. The fraction of sp³-hybridized carbons (Fsp3) is 0.278. The van der Waals surface area contributed by atoms with E-state index in [1.165, 1.54) is 11.3 Å². The van der Waals surface area contributed by atoms with Crippen LogP contribution < -0.4 is 15.0 Å². The zero-order chi connectivity index (χ0) is 19.6. The summed E-state index contributed by atoms with van der Waals surface area (Å²) >= 11 is 19.7. The summed E-state index contributed by atoms with van der Waals surface area (Å²) in [6, 6.07) is 4.67. The molecule has 0 saturated heterocycles. The number of rotatable bonds is 2. The number of aromatic nitrogens is 3. The summed E-state index contributed by atoms with van der Waals surface area (Å²) in [7, 11) is 0. The normalized spacial score (nSPS) is 17.8. The minimum atomic E-state index is -0.289. The first-order valence-corrected chi connectivity index (χ1v) is 10.6. The molecule has 2 aliphatic heterocycles. The second kappa shape index (κ2) is 6.62. The molecule has 2 aromatic heterocycles. The summed E-state index contributed by atoms with van der Waals surface area (Å²) in [6.45, 7) is 2.13. The molecule has 1 aromatic carbocycles. The van der Waals surface area contributed by atoms with Crippen molar-refractivity contribution in [1.29, 1.82) is 0 Å². The lowest BCUT2D eigenvalue weighted by molar-refractivity contribution is -0.720. The third kappa shape index (κ3) is 2.72. The van der Waals surface area contributed by atoms with E-state index in [1.54, 1.807) is 33.5 Å². The van der Waals surface area contributed by atoms with Crippen LogP contribution in [0.5, 0.6) is 5.88 Å². The van der Waals surface area contributed by atoms with Crippen molar-refractivity contribution in [2.24, 2.45) is 0 Å². The summed E-state index contributed by atoms with van der Waals surface area (Å²) in [5.74, 6) is 0.639. The average molecular weight is 457 g/mol. The van der Waals surface area contributed by atoms with Crippen LogP contribution in [0.4, 0.5) is 5.95 Å². The molecule has 0 spiro atoms. The molecule has 144 valence electrons. The number of halogens is 3. The number of hydrogen-bond donors (Lipinski definition) is 1. The SMILES string of the molecule is O=c1c(-c2cc(Cl)cc(Cl)c2)c(O)n2c3[n+]1C(c1cnc(Cl)s1)CCN3CC2. The van der Waals surface area contributed by atoms with E-state index in [2.05, 4.69) is 9.88 Å². The van der Waals surface area contributed by atoms with Crippen molar-refractivity contribution >= 4 is 52.1 Å². The maximum Gasteiger partial charge on any atom is 0.366 e. The highest BCUT2D eigenvalue weighted by Crippen LogP contribution is 2.37. The molecule has 5 rings (SSSR count). The largest absolute Gasteiger partial charge is 0.483 e. The van der Waals surface area contributed by atoms with Crippen molar-refractivity contribution in [3.63, 3.8) is 0 Å². The summed E-state index contributed by atoms with van der Waals surface area (Å²) in [5.41, 5.74) is 0.393. The molecule has 0 radical (unpaired) electrons. The average Bonchev–Trinajstić information content (AvgIpc) is 3.25. The predicted molar refractivity (Wildman–Crippen MR) is 110 cm³/mol. The smallest absolute Gasteiger partial charge is 0.366 e. The van der Waals surface area contributed by atoms with Gasteiger partial charge in [0.05, 0.1) is 18.0 Å². The van der Waals surface area contributed by atoms with Gasteiger partial charge < -0.3 is 5.11 Å². The third-order valence-corrected chi connectivity index (χ3v) is 6.86. The Morgan fingerprint density at radius 1 is 1.14 bits per heavy atom. The molecule has 0 bridgehead atoms. The molecule has 4 heterocycles. The van der Waals surface area contributed by atoms with Crippen molar-refractivity contribution in [2.75, 3.05) is 18.0 Å². The standard InChI is InChI=1S/C18H13Cl3N4O2S/c19-10-5-9(6-11(20)7-10)14-15(26)24-4-3-23-2-1-12(13-8-22-17(21)28-13)25(16(14)27)18(23)24/h5-8,12H,1-4H2/p+1. The first-order valence-electron chi connectivity index (χ1n) is 8.68. The first kappa shape index (κ1) is 18.2. The number of nitrogens with zero attached hydrogens (tertiary/aromatic N) is 4. The molecule has 0 saturated carbocycles. The van der Waals surface area contributed by atoms with E-state index in [-0.39, 0.29) is 23.0 Å².